The van der Waals surface area contributed by atoms with Crippen LogP contribution in [0.25, 0.3) is 0 Å². The van der Waals surface area contributed by atoms with Crippen LogP contribution in [0.4, 0.5) is 0 Å². The lowest BCUT2D eigenvalue weighted by Gasteiger charge is -2.20. The van der Waals surface area contributed by atoms with E-state index in [2.05, 4.69) is 43.6 Å². The fourth-order valence-electron chi connectivity index (χ4n) is 1.34. The first-order valence-electron chi connectivity index (χ1n) is 5.35. The third kappa shape index (κ3) is 5.40. The lowest BCUT2D eigenvalue weighted by atomic mass is 10.1. The third-order valence-electron chi connectivity index (χ3n) is 2.09. The smallest absolute Gasteiger partial charge is 0.00965 e. The minimum atomic E-state index is 0.267. The summed E-state index contributed by atoms with van der Waals surface area (Å²) in [4.78, 5) is 1.51. The summed E-state index contributed by atoms with van der Waals surface area (Å²) in [6, 6.07) is 4.36. The molecule has 0 radical (unpaired) electrons. The van der Waals surface area contributed by atoms with Gasteiger partial charge in [0.15, 0.2) is 0 Å². The first-order chi connectivity index (χ1) is 6.58. The highest BCUT2D eigenvalue weighted by atomic mass is 32.1. The lowest BCUT2D eigenvalue weighted by molar-refractivity contribution is 0.419. The van der Waals surface area contributed by atoms with E-state index in [4.69, 9.17) is 0 Å². The predicted molar refractivity (Wildman–Crippen MR) is 65.0 cm³/mol. The molecule has 80 valence electrons. The molecule has 1 N–H and O–H groups in total. The molecule has 0 saturated heterocycles. The highest BCUT2D eigenvalue weighted by Gasteiger charge is 2.06. The fraction of sp³-hybridized carbons (Fsp3) is 0.667. The van der Waals surface area contributed by atoms with E-state index in [1.165, 1.54) is 24.1 Å². The summed E-state index contributed by atoms with van der Waals surface area (Å²) < 4.78 is 0. The molecular weight excluding hydrogens is 190 g/mol. The number of hydrogen-bond acceptors (Lipinski definition) is 2. The van der Waals surface area contributed by atoms with Crippen molar-refractivity contribution in [2.75, 3.05) is 6.54 Å². The zero-order chi connectivity index (χ0) is 10.4. The molecule has 0 spiro atoms. The Morgan fingerprint density at radius 3 is 2.64 bits per heavy atom. The van der Waals surface area contributed by atoms with Gasteiger partial charge in [0.1, 0.15) is 0 Å². The summed E-state index contributed by atoms with van der Waals surface area (Å²) in [5.41, 5.74) is 0.267. The molecule has 0 aliphatic rings. The molecule has 1 aromatic heterocycles. The van der Waals surface area contributed by atoms with Gasteiger partial charge in [-0.1, -0.05) is 6.07 Å². The van der Waals surface area contributed by atoms with E-state index in [-0.39, 0.29) is 5.54 Å². The second-order valence-corrected chi connectivity index (χ2v) is 5.75. The van der Waals surface area contributed by atoms with Crippen LogP contribution in [0, 0.1) is 0 Å². The normalized spacial score (nSPS) is 11.9. The molecule has 0 aliphatic heterocycles. The average Bonchev–Trinajstić information content (AvgIpc) is 2.54. The SMILES string of the molecule is CC(C)(C)NCCCCc1cccs1. The Balaban J connectivity index is 2.00. The van der Waals surface area contributed by atoms with E-state index in [9.17, 15) is 0 Å². The van der Waals surface area contributed by atoms with Gasteiger partial charge in [-0.25, -0.2) is 0 Å². The van der Waals surface area contributed by atoms with Crippen molar-refractivity contribution in [3.05, 3.63) is 22.4 Å². The molecule has 0 bridgehead atoms. The maximum Gasteiger partial charge on any atom is 0.00965 e. The molecule has 0 amide bonds. The van der Waals surface area contributed by atoms with Crippen LogP contribution in [0.2, 0.25) is 0 Å². The van der Waals surface area contributed by atoms with Crippen molar-refractivity contribution in [2.45, 2.75) is 45.6 Å². The van der Waals surface area contributed by atoms with Crippen molar-refractivity contribution in [2.24, 2.45) is 0 Å². The van der Waals surface area contributed by atoms with Gasteiger partial charge in [-0.15, -0.1) is 11.3 Å². The van der Waals surface area contributed by atoms with Gasteiger partial charge in [-0.2, -0.15) is 0 Å². The van der Waals surface area contributed by atoms with Gasteiger partial charge in [0, 0.05) is 10.4 Å². The second-order valence-electron chi connectivity index (χ2n) is 4.71. The van der Waals surface area contributed by atoms with Crippen molar-refractivity contribution < 1.29 is 0 Å². The molecule has 1 rings (SSSR count). The Labute approximate surface area is 91.5 Å². The molecule has 1 aromatic rings. The van der Waals surface area contributed by atoms with Crippen LogP contribution >= 0.6 is 11.3 Å². The molecule has 1 nitrogen and oxygen atoms in total. The monoisotopic (exact) mass is 211 g/mol. The highest BCUT2D eigenvalue weighted by molar-refractivity contribution is 7.09. The minimum absolute atomic E-state index is 0.267. The molecular formula is C12H21NS. The van der Waals surface area contributed by atoms with E-state index in [1.54, 1.807) is 0 Å². The van der Waals surface area contributed by atoms with Gasteiger partial charge in [0.2, 0.25) is 0 Å². The molecule has 0 unspecified atom stereocenters. The highest BCUT2D eigenvalue weighted by Crippen LogP contribution is 2.11. The van der Waals surface area contributed by atoms with Crippen LogP contribution in [0.15, 0.2) is 17.5 Å². The van der Waals surface area contributed by atoms with Gasteiger partial charge >= 0.3 is 0 Å². The molecule has 1 heterocycles. The van der Waals surface area contributed by atoms with Crippen molar-refractivity contribution in [3.8, 4) is 0 Å². The maximum atomic E-state index is 3.51. The number of nitrogens with one attached hydrogen (secondary N) is 1. The zero-order valence-electron chi connectivity index (χ0n) is 9.47. The minimum Gasteiger partial charge on any atom is -0.312 e. The summed E-state index contributed by atoms with van der Waals surface area (Å²) in [6.07, 6.45) is 3.81. The maximum absolute atomic E-state index is 3.51. The van der Waals surface area contributed by atoms with E-state index < -0.39 is 0 Å². The van der Waals surface area contributed by atoms with Gasteiger partial charge < -0.3 is 5.32 Å². The van der Waals surface area contributed by atoms with Gasteiger partial charge in [-0.05, 0) is 58.0 Å². The van der Waals surface area contributed by atoms with Crippen molar-refractivity contribution >= 4 is 11.3 Å². The summed E-state index contributed by atoms with van der Waals surface area (Å²) in [5, 5.41) is 5.66. The number of thiophene rings is 1. The van der Waals surface area contributed by atoms with Crippen LogP contribution in [0.5, 0.6) is 0 Å². The molecule has 2 heteroatoms. The fourth-order valence-corrected chi connectivity index (χ4v) is 2.09. The molecule has 0 fully saturated rings. The summed E-state index contributed by atoms with van der Waals surface area (Å²) in [7, 11) is 0. The van der Waals surface area contributed by atoms with Gasteiger partial charge in [0.25, 0.3) is 0 Å². The zero-order valence-corrected chi connectivity index (χ0v) is 10.3. The van der Waals surface area contributed by atoms with Crippen molar-refractivity contribution in [3.63, 3.8) is 0 Å². The molecule has 14 heavy (non-hydrogen) atoms. The van der Waals surface area contributed by atoms with Crippen LogP contribution in [-0.4, -0.2) is 12.1 Å². The summed E-state index contributed by atoms with van der Waals surface area (Å²) in [5.74, 6) is 0. The van der Waals surface area contributed by atoms with E-state index in [0.29, 0.717) is 0 Å². The van der Waals surface area contributed by atoms with E-state index in [1.807, 2.05) is 11.3 Å². The average molecular weight is 211 g/mol. The van der Waals surface area contributed by atoms with E-state index >= 15 is 0 Å². The quantitative estimate of drug-likeness (QED) is 0.736. The van der Waals surface area contributed by atoms with Crippen molar-refractivity contribution in [1.82, 2.24) is 5.32 Å². The summed E-state index contributed by atoms with van der Waals surface area (Å²) in [6.45, 7) is 7.78. The lowest BCUT2D eigenvalue weighted by Crippen LogP contribution is -2.36. The van der Waals surface area contributed by atoms with Crippen molar-refractivity contribution in [1.29, 1.82) is 0 Å². The number of aryl methyl sites for hydroxylation is 1. The van der Waals surface area contributed by atoms with Crippen LogP contribution in [-0.2, 0) is 6.42 Å². The molecule has 0 saturated carbocycles. The Kier molecular flexibility index (Phi) is 4.63. The second kappa shape index (κ2) is 5.52. The topological polar surface area (TPSA) is 12.0 Å². The number of unbranched alkanes of at least 4 members (excludes halogenated alkanes) is 1. The molecule has 0 aliphatic carbocycles. The Hall–Kier alpha value is -0.340. The van der Waals surface area contributed by atoms with Crippen LogP contribution in [0.3, 0.4) is 0 Å². The Morgan fingerprint density at radius 1 is 1.29 bits per heavy atom. The molecule has 0 atom stereocenters. The first-order valence-corrected chi connectivity index (χ1v) is 6.23. The first kappa shape index (κ1) is 11.7. The Bertz CT molecular complexity index is 233. The predicted octanol–water partition coefficient (Wildman–Crippen LogP) is 3.46. The standard InChI is InChI=1S/C12H21NS/c1-12(2,3)13-9-5-4-7-11-8-6-10-14-11/h6,8,10,13H,4-5,7,9H2,1-3H3. The third-order valence-corrected chi connectivity index (χ3v) is 3.02. The molecule has 0 aromatic carbocycles. The summed E-state index contributed by atoms with van der Waals surface area (Å²) >= 11 is 1.87. The largest absolute Gasteiger partial charge is 0.312 e. The Morgan fingerprint density at radius 2 is 2.07 bits per heavy atom. The number of hydrogen-bond donors (Lipinski definition) is 1. The van der Waals surface area contributed by atoms with Gasteiger partial charge in [-0.3, -0.25) is 0 Å². The number of rotatable bonds is 5. The van der Waals surface area contributed by atoms with E-state index in [0.717, 1.165) is 6.54 Å². The van der Waals surface area contributed by atoms with Crippen LogP contribution in [0.1, 0.15) is 38.5 Å². The van der Waals surface area contributed by atoms with Gasteiger partial charge in [0.05, 0.1) is 0 Å². The van der Waals surface area contributed by atoms with Crippen LogP contribution < -0.4 is 5.32 Å².